The van der Waals surface area contributed by atoms with Crippen LogP contribution in [0.1, 0.15) is 65.9 Å². The standard InChI is InChI=1S/C28H39N3O6/c1-20-25(21(2)37-29-20)26(34)31-14-7-6-11-28(27(35)36-19-24(33)23(32)10-15-31)12-16-30(17-13-28)18-22-8-4-3-5-9-22/h3-5,8-9,23-24,32-33H,6-7,10-19H2,1-2H3/t23-,24+/m0/s1. The minimum absolute atomic E-state index is 0.174. The summed E-state index contributed by atoms with van der Waals surface area (Å²) in [5.41, 5.74) is 1.60. The zero-order chi connectivity index (χ0) is 26.4. The van der Waals surface area contributed by atoms with Gasteiger partial charge in [0.25, 0.3) is 5.91 Å². The molecule has 0 aliphatic carbocycles. The maximum Gasteiger partial charge on any atom is 0.312 e. The zero-order valence-corrected chi connectivity index (χ0v) is 21.9. The molecular weight excluding hydrogens is 474 g/mol. The van der Waals surface area contributed by atoms with Crippen LogP contribution in [-0.4, -0.2) is 82.0 Å². The molecule has 9 nitrogen and oxygen atoms in total. The Hall–Kier alpha value is -2.75. The number of carbonyl (C=O) groups is 2. The van der Waals surface area contributed by atoms with E-state index in [4.69, 9.17) is 9.26 Å². The molecule has 2 N–H and O–H groups in total. The number of hydrogen-bond acceptors (Lipinski definition) is 8. The topological polar surface area (TPSA) is 116 Å². The summed E-state index contributed by atoms with van der Waals surface area (Å²) in [6.07, 6.45) is 1.36. The third-order valence-electron chi connectivity index (χ3n) is 7.89. The van der Waals surface area contributed by atoms with Gasteiger partial charge in [-0.05, 0) is 64.6 Å². The van der Waals surface area contributed by atoms with Crippen molar-refractivity contribution in [3.05, 3.63) is 52.9 Å². The molecule has 2 aromatic rings. The van der Waals surface area contributed by atoms with Crippen molar-refractivity contribution in [1.29, 1.82) is 0 Å². The number of amides is 1. The summed E-state index contributed by atoms with van der Waals surface area (Å²) in [6.45, 7) is 6.36. The number of nitrogens with zero attached hydrogens (tertiary/aromatic N) is 3. The van der Waals surface area contributed by atoms with E-state index in [2.05, 4.69) is 22.2 Å². The Kier molecular flexibility index (Phi) is 9.00. The molecule has 0 radical (unpaired) electrons. The monoisotopic (exact) mass is 513 g/mol. The maximum absolute atomic E-state index is 13.3. The summed E-state index contributed by atoms with van der Waals surface area (Å²) in [7, 11) is 0. The van der Waals surface area contributed by atoms with Crippen molar-refractivity contribution < 1.29 is 29.1 Å². The molecule has 2 saturated heterocycles. The van der Waals surface area contributed by atoms with E-state index in [9.17, 15) is 19.8 Å². The largest absolute Gasteiger partial charge is 0.462 e. The molecule has 37 heavy (non-hydrogen) atoms. The van der Waals surface area contributed by atoms with Gasteiger partial charge in [0.1, 0.15) is 24.0 Å². The summed E-state index contributed by atoms with van der Waals surface area (Å²) in [6, 6.07) is 10.3. The molecule has 2 atom stereocenters. The van der Waals surface area contributed by atoms with E-state index in [0.717, 1.165) is 32.5 Å². The van der Waals surface area contributed by atoms with Gasteiger partial charge in [-0.25, -0.2) is 0 Å². The van der Waals surface area contributed by atoms with Gasteiger partial charge in [0.05, 0.1) is 17.2 Å². The first kappa shape index (κ1) is 27.3. The number of esters is 1. The van der Waals surface area contributed by atoms with Crippen molar-refractivity contribution in [2.45, 2.75) is 71.1 Å². The Labute approximate surface area is 218 Å². The Morgan fingerprint density at radius 1 is 1.03 bits per heavy atom. The predicted molar refractivity (Wildman–Crippen MR) is 137 cm³/mol. The predicted octanol–water partition coefficient (Wildman–Crippen LogP) is 2.86. The lowest BCUT2D eigenvalue weighted by Gasteiger charge is -2.40. The molecule has 2 aliphatic rings. The van der Waals surface area contributed by atoms with E-state index in [-0.39, 0.29) is 31.4 Å². The number of aliphatic hydroxyl groups excluding tert-OH is 2. The second-order valence-electron chi connectivity index (χ2n) is 10.5. The quantitative estimate of drug-likeness (QED) is 0.602. The van der Waals surface area contributed by atoms with Crippen molar-refractivity contribution in [1.82, 2.24) is 15.0 Å². The number of aliphatic hydroxyl groups is 2. The van der Waals surface area contributed by atoms with E-state index in [1.54, 1.807) is 18.7 Å². The van der Waals surface area contributed by atoms with E-state index in [0.29, 0.717) is 42.8 Å². The zero-order valence-electron chi connectivity index (χ0n) is 21.9. The highest BCUT2D eigenvalue weighted by Crippen LogP contribution is 2.39. The highest BCUT2D eigenvalue weighted by molar-refractivity contribution is 5.96. The number of carbonyl (C=O) groups excluding carboxylic acids is 2. The van der Waals surface area contributed by atoms with Crippen LogP contribution in [0.5, 0.6) is 0 Å². The van der Waals surface area contributed by atoms with Gasteiger partial charge in [0.15, 0.2) is 0 Å². The van der Waals surface area contributed by atoms with Crippen molar-refractivity contribution >= 4 is 11.9 Å². The second kappa shape index (κ2) is 12.2. The van der Waals surface area contributed by atoms with Crippen molar-refractivity contribution in [3.8, 4) is 0 Å². The Bertz CT molecular complexity index is 1030. The van der Waals surface area contributed by atoms with Gasteiger partial charge in [0, 0.05) is 19.6 Å². The average Bonchev–Trinajstić information content (AvgIpc) is 3.24. The number of benzene rings is 1. The first-order valence-electron chi connectivity index (χ1n) is 13.3. The van der Waals surface area contributed by atoms with Crippen LogP contribution in [0.2, 0.25) is 0 Å². The van der Waals surface area contributed by atoms with Gasteiger partial charge in [0.2, 0.25) is 0 Å². The first-order valence-corrected chi connectivity index (χ1v) is 13.3. The van der Waals surface area contributed by atoms with Crippen molar-refractivity contribution in [3.63, 3.8) is 0 Å². The molecule has 202 valence electrons. The molecular formula is C28H39N3O6. The first-order chi connectivity index (χ1) is 17.8. The second-order valence-corrected chi connectivity index (χ2v) is 10.5. The summed E-state index contributed by atoms with van der Waals surface area (Å²) < 4.78 is 10.8. The fourth-order valence-electron chi connectivity index (χ4n) is 5.47. The summed E-state index contributed by atoms with van der Waals surface area (Å²) in [5, 5.41) is 24.9. The van der Waals surface area contributed by atoms with E-state index in [1.807, 2.05) is 18.2 Å². The average molecular weight is 514 g/mol. The van der Waals surface area contributed by atoms with E-state index in [1.165, 1.54) is 5.56 Å². The van der Waals surface area contributed by atoms with Gasteiger partial charge in [-0.1, -0.05) is 41.9 Å². The number of hydrogen-bond donors (Lipinski definition) is 2. The van der Waals surface area contributed by atoms with Crippen LogP contribution in [-0.2, 0) is 16.1 Å². The number of ether oxygens (including phenoxy) is 1. The van der Waals surface area contributed by atoms with E-state index >= 15 is 0 Å². The minimum Gasteiger partial charge on any atom is -0.462 e. The summed E-state index contributed by atoms with van der Waals surface area (Å²) >= 11 is 0. The normalized spacial score (nSPS) is 24.1. The van der Waals surface area contributed by atoms with Crippen LogP contribution >= 0.6 is 0 Å². The number of aryl methyl sites for hydroxylation is 2. The molecule has 2 aliphatic heterocycles. The third-order valence-corrected chi connectivity index (χ3v) is 7.89. The molecule has 1 amide bonds. The molecule has 3 heterocycles. The Balaban J connectivity index is 1.44. The highest BCUT2D eigenvalue weighted by Gasteiger charge is 2.42. The van der Waals surface area contributed by atoms with Crippen LogP contribution in [0.25, 0.3) is 0 Å². The number of rotatable bonds is 3. The van der Waals surface area contributed by atoms with Crippen LogP contribution < -0.4 is 0 Å². The number of likely N-dealkylation sites (tertiary alicyclic amines) is 1. The van der Waals surface area contributed by atoms with Gasteiger partial charge in [-0.15, -0.1) is 0 Å². The molecule has 1 aromatic carbocycles. The van der Waals surface area contributed by atoms with Gasteiger partial charge in [-0.3, -0.25) is 14.5 Å². The number of aromatic nitrogens is 1. The summed E-state index contributed by atoms with van der Waals surface area (Å²) in [4.78, 5) is 30.7. The van der Waals surface area contributed by atoms with Crippen LogP contribution in [0.4, 0.5) is 0 Å². The molecule has 1 spiro atoms. The summed E-state index contributed by atoms with van der Waals surface area (Å²) in [5.74, 6) is -0.0173. The van der Waals surface area contributed by atoms with E-state index < -0.39 is 17.6 Å². The molecule has 0 unspecified atom stereocenters. The fraction of sp³-hybridized carbons (Fsp3) is 0.607. The lowest BCUT2D eigenvalue weighted by molar-refractivity contribution is -0.165. The van der Waals surface area contributed by atoms with Crippen LogP contribution in [0.15, 0.2) is 34.9 Å². The van der Waals surface area contributed by atoms with Gasteiger partial charge < -0.3 is 24.4 Å². The molecule has 9 heteroatoms. The molecule has 0 bridgehead atoms. The molecule has 0 saturated carbocycles. The fourth-order valence-corrected chi connectivity index (χ4v) is 5.47. The van der Waals surface area contributed by atoms with Crippen LogP contribution in [0.3, 0.4) is 0 Å². The van der Waals surface area contributed by atoms with Crippen molar-refractivity contribution in [2.24, 2.45) is 5.41 Å². The lowest BCUT2D eigenvalue weighted by Crippen LogP contribution is -2.45. The number of piperidine rings is 1. The lowest BCUT2D eigenvalue weighted by atomic mass is 9.74. The van der Waals surface area contributed by atoms with Gasteiger partial charge >= 0.3 is 5.97 Å². The van der Waals surface area contributed by atoms with Crippen LogP contribution in [0, 0.1) is 19.3 Å². The highest BCUT2D eigenvalue weighted by atomic mass is 16.5. The smallest absolute Gasteiger partial charge is 0.312 e. The molecule has 4 rings (SSSR count). The maximum atomic E-state index is 13.3. The molecule has 1 aromatic heterocycles. The number of cyclic esters (lactones) is 1. The van der Waals surface area contributed by atoms with Crippen molar-refractivity contribution in [2.75, 3.05) is 32.8 Å². The minimum atomic E-state index is -1.21. The third kappa shape index (κ3) is 6.58. The molecule has 2 fully saturated rings. The SMILES string of the molecule is Cc1noc(C)c1C(=O)N1CCCCC2(CCN(Cc3ccccc3)CC2)C(=O)OC[C@@H](O)[C@@H](O)CC1. The Morgan fingerprint density at radius 2 is 1.76 bits per heavy atom. The Morgan fingerprint density at radius 3 is 2.43 bits per heavy atom. The van der Waals surface area contributed by atoms with Gasteiger partial charge in [-0.2, -0.15) is 0 Å².